The van der Waals surface area contributed by atoms with Crippen molar-refractivity contribution < 1.29 is 0 Å². The van der Waals surface area contributed by atoms with E-state index in [0.29, 0.717) is 5.92 Å². The summed E-state index contributed by atoms with van der Waals surface area (Å²) in [6.07, 6.45) is 10.0. The number of hydrogen-bond acceptors (Lipinski definition) is 1. The van der Waals surface area contributed by atoms with Gasteiger partial charge < -0.3 is 0 Å². The molecular weight excluding hydrogens is 134 g/mol. The first-order valence-corrected chi connectivity index (χ1v) is 4.18. The Bertz CT molecular complexity index is 251. The molecule has 1 nitrogen and oxygen atoms in total. The molecule has 0 aromatic carbocycles. The van der Waals surface area contributed by atoms with Crippen LogP contribution in [-0.4, -0.2) is 0 Å². The molecule has 0 heterocycles. The summed E-state index contributed by atoms with van der Waals surface area (Å²) in [5.74, 6) is 1.26. The van der Waals surface area contributed by atoms with E-state index in [9.17, 15) is 0 Å². The molecule has 56 valence electrons. The third-order valence-electron chi connectivity index (χ3n) is 2.44. The van der Waals surface area contributed by atoms with Crippen molar-refractivity contribution in [2.45, 2.75) is 19.3 Å². The molecule has 0 amide bonds. The third-order valence-corrected chi connectivity index (χ3v) is 2.44. The summed E-state index contributed by atoms with van der Waals surface area (Å²) < 4.78 is 0. The monoisotopic (exact) mass is 145 g/mol. The van der Waals surface area contributed by atoms with Crippen molar-refractivity contribution >= 4 is 0 Å². The minimum absolute atomic E-state index is 0.466. The second kappa shape index (κ2) is 2.54. The first-order chi connectivity index (χ1) is 5.42. The fraction of sp³-hybridized carbons (Fsp3) is 0.500. The number of hydrogen-bond donors (Lipinski definition) is 0. The minimum Gasteiger partial charge on any atom is -0.193 e. The Morgan fingerprint density at radius 3 is 2.91 bits per heavy atom. The van der Waals surface area contributed by atoms with Crippen LogP contribution >= 0.6 is 0 Å². The highest BCUT2D eigenvalue weighted by molar-refractivity contribution is 5.33. The Kier molecular flexibility index (Phi) is 1.54. The lowest BCUT2D eigenvalue weighted by atomic mass is 9.90. The van der Waals surface area contributed by atoms with Crippen LogP contribution in [0.25, 0.3) is 0 Å². The molecule has 1 fully saturated rings. The number of nitrogens with zero attached hydrogens (tertiary/aromatic N) is 1. The quantitative estimate of drug-likeness (QED) is 0.520. The van der Waals surface area contributed by atoms with Crippen molar-refractivity contribution in [3.05, 3.63) is 23.8 Å². The molecule has 1 atom stereocenters. The zero-order valence-electron chi connectivity index (χ0n) is 6.46. The van der Waals surface area contributed by atoms with E-state index >= 15 is 0 Å². The van der Waals surface area contributed by atoms with Crippen molar-refractivity contribution in [2.75, 3.05) is 0 Å². The van der Waals surface area contributed by atoms with E-state index in [0.717, 1.165) is 17.9 Å². The first-order valence-electron chi connectivity index (χ1n) is 4.18. The second-order valence-corrected chi connectivity index (χ2v) is 3.30. The van der Waals surface area contributed by atoms with Crippen molar-refractivity contribution in [3.63, 3.8) is 0 Å². The minimum atomic E-state index is 0.466. The van der Waals surface area contributed by atoms with Crippen molar-refractivity contribution in [2.24, 2.45) is 11.8 Å². The summed E-state index contributed by atoms with van der Waals surface area (Å²) in [6.45, 7) is 0. The van der Waals surface area contributed by atoms with Gasteiger partial charge in [0, 0.05) is 11.5 Å². The predicted molar refractivity (Wildman–Crippen MR) is 43.7 cm³/mol. The molecule has 2 rings (SSSR count). The Labute approximate surface area is 67.0 Å². The van der Waals surface area contributed by atoms with Crippen LogP contribution in [0.4, 0.5) is 0 Å². The standard InChI is InChI=1S/C10H11N/c11-7-9-3-1-2-4-10(9)8-5-6-8/h2-4,8,10H,1,5-6H2. The van der Waals surface area contributed by atoms with Crippen molar-refractivity contribution in [1.29, 1.82) is 5.26 Å². The highest BCUT2D eigenvalue weighted by Crippen LogP contribution is 2.42. The molecule has 1 heteroatoms. The van der Waals surface area contributed by atoms with Crippen LogP contribution in [-0.2, 0) is 0 Å². The molecular formula is C10H11N. The number of nitriles is 1. The molecule has 11 heavy (non-hydrogen) atoms. The molecule has 0 N–H and O–H groups in total. The van der Waals surface area contributed by atoms with Gasteiger partial charge in [-0.1, -0.05) is 18.2 Å². The average molecular weight is 145 g/mol. The van der Waals surface area contributed by atoms with E-state index in [-0.39, 0.29) is 0 Å². The Morgan fingerprint density at radius 2 is 2.27 bits per heavy atom. The highest BCUT2D eigenvalue weighted by atomic mass is 14.4. The molecule has 2 aliphatic rings. The number of allylic oxidation sites excluding steroid dienone is 4. The van der Waals surface area contributed by atoms with Gasteiger partial charge in [-0.15, -0.1) is 0 Å². The van der Waals surface area contributed by atoms with Crippen molar-refractivity contribution in [1.82, 2.24) is 0 Å². The maximum atomic E-state index is 8.79. The largest absolute Gasteiger partial charge is 0.193 e. The van der Waals surface area contributed by atoms with Crippen LogP contribution in [0.2, 0.25) is 0 Å². The molecule has 0 aromatic heterocycles. The van der Waals surface area contributed by atoms with E-state index in [1.165, 1.54) is 12.8 Å². The van der Waals surface area contributed by atoms with Gasteiger partial charge in [-0.25, -0.2) is 0 Å². The van der Waals surface area contributed by atoms with Crippen LogP contribution < -0.4 is 0 Å². The molecule has 0 aromatic rings. The fourth-order valence-electron chi connectivity index (χ4n) is 1.65. The topological polar surface area (TPSA) is 23.8 Å². The van der Waals surface area contributed by atoms with Gasteiger partial charge in [0.1, 0.15) is 0 Å². The van der Waals surface area contributed by atoms with Crippen LogP contribution in [0.3, 0.4) is 0 Å². The van der Waals surface area contributed by atoms with Crippen LogP contribution in [0, 0.1) is 23.2 Å². The zero-order valence-corrected chi connectivity index (χ0v) is 6.46. The van der Waals surface area contributed by atoms with Gasteiger partial charge in [0.2, 0.25) is 0 Å². The zero-order chi connectivity index (χ0) is 7.68. The molecule has 1 unspecified atom stereocenters. The molecule has 0 spiro atoms. The first kappa shape index (κ1) is 6.67. The predicted octanol–water partition coefficient (Wildman–Crippen LogP) is 2.42. The van der Waals surface area contributed by atoms with E-state index in [1.54, 1.807) is 0 Å². The highest BCUT2D eigenvalue weighted by Gasteiger charge is 2.32. The molecule has 0 bridgehead atoms. The Hall–Kier alpha value is -1.03. The summed E-state index contributed by atoms with van der Waals surface area (Å²) in [4.78, 5) is 0. The lowest BCUT2D eigenvalue weighted by Gasteiger charge is -2.12. The van der Waals surface area contributed by atoms with Crippen LogP contribution in [0.15, 0.2) is 23.8 Å². The summed E-state index contributed by atoms with van der Waals surface area (Å²) in [6, 6.07) is 2.29. The second-order valence-electron chi connectivity index (χ2n) is 3.30. The van der Waals surface area contributed by atoms with E-state index < -0.39 is 0 Å². The molecule has 1 saturated carbocycles. The van der Waals surface area contributed by atoms with Crippen LogP contribution in [0.1, 0.15) is 19.3 Å². The van der Waals surface area contributed by atoms with E-state index in [1.807, 2.05) is 0 Å². The van der Waals surface area contributed by atoms with Gasteiger partial charge >= 0.3 is 0 Å². The van der Waals surface area contributed by atoms with Gasteiger partial charge in [0.05, 0.1) is 6.07 Å². The fourth-order valence-corrected chi connectivity index (χ4v) is 1.65. The van der Waals surface area contributed by atoms with Gasteiger partial charge in [-0.3, -0.25) is 0 Å². The summed E-state index contributed by atoms with van der Waals surface area (Å²) in [5, 5.41) is 8.79. The molecule has 0 radical (unpaired) electrons. The van der Waals surface area contributed by atoms with Gasteiger partial charge in [0.25, 0.3) is 0 Å². The molecule has 0 saturated heterocycles. The molecule has 0 aliphatic heterocycles. The third kappa shape index (κ3) is 1.21. The van der Waals surface area contributed by atoms with Gasteiger partial charge in [-0.05, 0) is 25.2 Å². The normalized spacial score (nSPS) is 29.4. The van der Waals surface area contributed by atoms with E-state index in [4.69, 9.17) is 5.26 Å². The van der Waals surface area contributed by atoms with Crippen LogP contribution in [0.5, 0.6) is 0 Å². The summed E-state index contributed by atoms with van der Waals surface area (Å²) in [5.41, 5.74) is 0.995. The van der Waals surface area contributed by atoms with E-state index in [2.05, 4.69) is 24.3 Å². The maximum Gasteiger partial charge on any atom is 0.0950 e. The Morgan fingerprint density at radius 1 is 1.45 bits per heavy atom. The average Bonchev–Trinajstić information content (AvgIpc) is 2.87. The maximum absolute atomic E-state index is 8.79. The van der Waals surface area contributed by atoms with Crippen molar-refractivity contribution in [3.8, 4) is 6.07 Å². The summed E-state index contributed by atoms with van der Waals surface area (Å²) >= 11 is 0. The lowest BCUT2D eigenvalue weighted by Crippen LogP contribution is -2.04. The van der Waals surface area contributed by atoms with Gasteiger partial charge in [0.15, 0.2) is 0 Å². The lowest BCUT2D eigenvalue weighted by molar-refractivity contribution is 0.661. The number of rotatable bonds is 1. The molecule has 2 aliphatic carbocycles. The summed E-state index contributed by atoms with van der Waals surface area (Å²) in [7, 11) is 0. The van der Waals surface area contributed by atoms with Gasteiger partial charge in [-0.2, -0.15) is 5.26 Å². The smallest absolute Gasteiger partial charge is 0.0950 e. The SMILES string of the molecule is N#CC1=CCC=CC1C1CC1. The Balaban J connectivity index is 2.16.